The number of halogens is 1. The third kappa shape index (κ3) is 5.17. The van der Waals surface area contributed by atoms with Crippen LogP contribution in [0.3, 0.4) is 0 Å². The fraction of sp³-hybridized carbons (Fsp3) is 0.500. The molecule has 0 bridgehead atoms. The lowest BCUT2D eigenvalue weighted by atomic mass is 9.76. The molecule has 3 aliphatic carbocycles. The first-order valence-corrected chi connectivity index (χ1v) is 14.0. The summed E-state index contributed by atoms with van der Waals surface area (Å²) in [4.78, 5) is 26.8. The van der Waals surface area contributed by atoms with Crippen LogP contribution in [0.15, 0.2) is 46.5 Å². The van der Waals surface area contributed by atoms with Crippen molar-refractivity contribution in [1.29, 1.82) is 0 Å². The van der Waals surface area contributed by atoms with Gasteiger partial charge in [0.25, 0.3) is 15.9 Å². The number of urea groups is 1. The van der Waals surface area contributed by atoms with Crippen LogP contribution in [0.5, 0.6) is 0 Å². The van der Waals surface area contributed by atoms with Gasteiger partial charge in [-0.1, -0.05) is 52.5 Å². The van der Waals surface area contributed by atoms with E-state index in [-0.39, 0.29) is 49.9 Å². The first-order valence-electron chi connectivity index (χ1n) is 11.3. The summed E-state index contributed by atoms with van der Waals surface area (Å²) < 4.78 is 29.3. The second-order valence-corrected chi connectivity index (χ2v) is 11.8. The van der Waals surface area contributed by atoms with Crippen LogP contribution in [0.1, 0.15) is 23.3 Å². The molecule has 4 rings (SSSR count). The normalized spacial score (nSPS) is 24.9. The smallest absolute Gasteiger partial charge is 0.329 e. The zero-order chi connectivity index (χ0) is 25.3. The molecule has 0 spiro atoms. The van der Waals surface area contributed by atoms with Gasteiger partial charge in [-0.25, -0.2) is 9.52 Å². The summed E-state index contributed by atoms with van der Waals surface area (Å²) in [6, 6.07) is -0.0470. The summed E-state index contributed by atoms with van der Waals surface area (Å²) in [6.45, 7) is -0.700. The zero-order valence-corrected chi connectivity index (χ0v) is 22.1. The van der Waals surface area contributed by atoms with Crippen LogP contribution in [-0.4, -0.2) is 81.5 Å². The van der Waals surface area contributed by atoms with E-state index in [4.69, 9.17) is 10.2 Å². The lowest BCUT2D eigenvalue weighted by Crippen LogP contribution is -2.51. The van der Waals surface area contributed by atoms with E-state index in [1.54, 1.807) is 0 Å². The standard InChI is InChI=1S/C22H28IN5O6S/c1-27-18(21(31)28(7-9-29)8-10-30)12-19(25-27)35(33,34)26-22(32)24-20-14-4-2-3-13(14)11-16-15(20)5-6-17(16)23/h2-4,11-12,14-15,17,20,29-30H,5-10H2,1H3,(H2,24,26,32). The molecule has 35 heavy (non-hydrogen) atoms. The third-order valence-corrected chi connectivity index (χ3v) is 9.12. The summed E-state index contributed by atoms with van der Waals surface area (Å²) in [6.07, 6.45) is 10.1. The number of hydrogen-bond donors (Lipinski definition) is 4. The molecule has 11 nitrogen and oxygen atoms in total. The van der Waals surface area contributed by atoms with Crippen molar-refractivity contribution in [3.63, 3.8) is 0 Å². The fourth-order valence-corrected chi connectivity index (χ4v) is 6.84. The Labute approximate surface area is 217 Å². The van der Waals surface area contributed by atoms with Crippen LogP contribution in [0.2, 0.25) is 0 Å². The Balaban J connectivity index is 1.49. The van der Waals surface area contributed by atoms with Crippen LogP contribution in [0, 0.1) is 11.8 Å². The molecule has 0 aromatic carbocycles. The van der Waals surface area contributed by atoms with Gasteiger partial charge in [0, 0.05) is 48.0 Å². The molecule has 1 saturated carbocycles. The third-order valence-electron chi connectivity index (χ3n) is 6.57. The van der Waals surface area contributed by atoms with E-state index in [1.165, 1.54) is 17.5 Å². The number of aryl methyl sites for hydroxylation is 1. The summed E-state index contributed by atoms with van der Waals surface area (Å²) in [5, 5.41) is 24.6. The minimum absolute atomic E-state index is 0.0120. The van der Waals surface area contributed by atoms with E-state index in [2.05, 4.69) is 39.1 Å². The molecule has 1 aromatic heterocycles. The number of hydrogen-bond acceptors (Lipinski definition) is 7. The highest BCUT2D eigenvalue weighted by Crippen LogP contribution is 2.47. The number of aromatic nitrogens is 2. The Hall–Kier alpha value is -2.23. The van der Waals surface area contributed by atoms with Crippen molar-refractivity contribution in [3.8, 4) is 0 Å². The number of sulfonamides is 1. The average Bonchev–Trinajstić information content (AvgIpc) is 3.52. The average molecular weight is 617 g/mol. The number of carbonyl (C=O) groups excluding carboxylic acids is 2. The minimum atomic E-state index is -4.36. The van der Waals surface area contributed by atoms with Crippen molar-refractivity contribution in [2.75, 3.05) is 26.3 Å². The highest BCUT2D eigenvalue weighted by atomic mass is 127. The molecule has 1 aromatic rings. The number of aliphatic hydroxyl groups is 2. The second-order valence-electron chi connectivity index (χ2n) is 8.71. The van der Waals surface area contributed by atoms with E-state index < -0.39 is 27.0 Å². The summed E-state index contributed by atoms with van der Waals surface area (Å²) in [7, 11) is -2.96. The Bertz CT molecular complexity index is 1200. The quantitative estimate of drug-likeness (QED) is 0.244. The molecule has 190 valence electrons. The Morgan fingerprint density at radius 1 is 1.26 bits per heavy atom. The van der Waals surface area contributed by atoms with Crippen molar-refractivity contribution >= 4 is 44.6 Å². The zero-order valence-electron chi connectivity index (χ0n) is 19.1. The molecular formula is C22H28IN5O6S. The predicted molar refractivity (Wildman–Crippen MR) is 135 cm³/mol. The van der Waals surface area contributed by atoms with Gasteiger partial charge >= 0.3 is 6.03 Å². The van der Waals surface area contributed by atoms with E-state index >= 15 is 0 Å². The van der Waals surface area contributed by atoms with Crippen molar-refractivity contribution in [1.82, 2.24) is 24.7 Å². The molecule has 1 fully saturated rings. The van der Waals surface area contributed by atoms with E-state index in [9.17, 15) is 18.0 Å². The number of fused-ring (bicyclic) bond motifs is 2. The Morgan fingerprint density at radius 2 is 1.97 bits per heavy atom. The van der Waals surface area contributed by atoms with Crippen LogP contribution >= 0.6 is 22.6 Å². The molecular weight excluding hydrogens is 589 g/mol. The monoisotopic (exact) mass is 617 g/mol. The minimum Gasteiger partial charge on any atom is -0.395 e. The molecule has 4 N–H and O–H groups in total. The molecule has 1 heterocycles. The van der Waals surface area contributed by atoms with E-state index in [0.717, 1.165) is 29.2 Å². The first kappa shape index (κ1) is 25.9. The van der Waals surface area contributed by atoms with E-state index in [1.807, 2.05) is 23.0 Å². The largest absolute Gasteiger partial charge is 0.395 e. The van der Waals surface area contributed by atoms with Gasteiger partial charge in [-0.3, -0.25) is 9.48 Å². The van der Waals surface area contributed by atoms with Crippen LogP contribution in [0.4, 0.5) is 4.79 Å². The first-order chi connectivity index (χ1) is 16.7. The highest BCUT2D eigenvalue weighted by molar-refractivity contribution is 14.1. The summed E-state index contributed by atoms with van der Waals surface area (Å²) in [5.41, 5.74) is 2.32. The van der Waals surface area contributed by atoms with Gasteiger partial charge in [0.1, 0.15) is 5.69 Å². The maximum Gasteiger partial charge on any atom is 0.329 e. The van der Waals surface area contributed by atoms with Gasteiger partial charge in [-0.05, 0) is 18.4 Å². The van der Waals surface area contributed by atoms with Gasteiger partial charge in [0.05, 0.1) is 13.2 Å². The number of nitrogens with one attached hydrogen (secondary N) is 2. The fourth-order valence-electron chi connectivity index (χ4n) is 4.93. The predicted octanol–water partition coefficient (Wildman–Crippen LogP) is 0.469. The van der Waals surface area contributed by atoms with Gasteiger partial charge in [-0.2, -0.15) is 13.5 Å². The molecule has 0 saturated heterocycles. The number of alkyl halides is 1. The molecule has 0 aliphatic heterocycles. The maximum absolute atomic E-state index is 12.9. The molecule has 3 aliphatic rings. The van der Waals surface area contributed by atoms with Crippen molar-refractivity contribution < 1.29 is 28.2 Å². The lowest BCUT2D eigenvalue weighted by Gasteiger charge is -2.35. The molecule has 3 amide bonds. The highest BCUT2D eigenvalue weighted by Gasteiger charge is 2.43. The molecule has 0 radical (unpaired) electrons. The summed E-state index contributed by atoms with van der Waals surface area (Å²) >= 11 is 2.41. The van der Waals surface area contributed by atoms with Crippen LogP contribution < -0.4 is 10.0 Å². The van der Waals surface area contributed by atoms with Crippen molar-refractivity contribution in [3.05, 3.63) is 47.2 Å². The van der Waals surface area contributed by atoms with Gasteiger partial charge in [0.2, 0.25) is 0 Å². The molecule has 4 atom stereocenters. The Morgan fingerprint density at radius 3 is 2.66 bits per heavy atom. The van der Waals surface area contributed by atoms with Gasteiger partial charge < -0.3 is 20.4 Å². The maximum atomic E-state index is 12.9. The molecule has 13 heteroatoms. The second kappa shape index (κ2) is 10.4. The van der Waals surface area contributed by atoms with Crippen molar-refractivity contribution in [2.45, 2.75) is 27.8 Å². The van der Waals surface area contributed by atoms with E-state index in [0.29, 0.717) is 3.92 Å². The van der Waals surface area contributed by atoms with Gasteiger partial charge in [-0.15, -0.1) is 0 Å². The van der Waals surface area contributed by atoms with Gasteiger partial charge in [0.15, 0.2) is 5.03 Å². The number of allylic oxidation sites excluding steroid dienone is 3. The SMILES string of the molecule is Cn1nc(S(=O)(=O)NC(=O)NC2C3C=CC=C3C=C3C(I)CCC32)cc1C(=O)N(CCO)CCO. The molecule has 4 unspecified atom stereocenters. The number of nitrogens with zero attached hydrogens (tertiary/aromatic N) is 3. The lowest BCUT2D eigenvalue weighted by molar-refractivity contribution is 0.0674. The Kier molecular flexibility index (Phi) is 7.68. The van der Waals surface area contributed by atoms with Crippen molar-refractivity contribution in [2.24, 2.45) is 18.9 Å². The van der Waals surface area contributed by atoms with Crippen LogP contribution in [-0.2, 0) is 17.1 Å². The van der Waals surface area contributed by atoms with Crippen LogP contribution in [0.25, 0.3) is 0 Å². The topological polar surface area (TPSA) is 154 Å². The number of rotatable bonds is 8. The number of carbonyl (C=O) groups is 2. The number of amides is 3. The summed E-state index contributed by atoms with van der Waals surface area (Å²) in [5.74, 6) is -0.474. The number of aliphatic hydroxyl groups excluding tert-OH is 2.